The molecule has 0 aliphatic carbocycles. The molecule has 1 aromatic rings. The van der Waals surface area contributed by atoms with Crippen molar-refractivity contribution in [2.45, 2.75) is 6.92 Å². The van der Waals surface area contributed by atoms with Crippen molar-refractivity contribution in [2.75, 3.05) is 12.4 Å². The Hall–Kier alpha value is -1.22. The normalized spacial score (nSPS) is 9.46. The molecule has 4 heteroatoms. The van der Waals surface area contributed by atoms with E-state index in [2.05, 4.69) is 5.32 Å². The van der Waals surface area contributed by atoms with Gasteiger partial charge in [0.25, 0.3) is 0 Å². The van der Waals surface area contributed by atoms with Crippen molar-refractivity contribution in [1.29, 1.82) is 0 Å². The van der Waals surface area contributed by atoms with Crippen molar-refractivity contribution in [3.8, 4) is 5.75 Å². The van der Waals surface area contributed by atoms with Crippen LogP contribution in [0.3, 0.4) is 0 Å². The molecule has 13 heavy (non-hydrogen) atoms. The second-order valence-corrected chi connectivity index (χ2v) is 2.97. The van der Waals surface area contributed by atoms with Crippen LogP contribution in [0.1, 0.15) is 5.56 Å². The first-order valence-electron chi connectivity index (χ1n) is 3.73. The lowest BCUT2D eigenvalue weighted by molar-refractivity contribution is -0.105. The third-order valence-corrected chi connectivity index (χ3v) is 2.10. The van der Waals surface area contributed by atoms with Gasteiger partial charge >= 0.3 is 0 Å². The summed E-state index contributed by atoms with van der Waals surface area (Å²) in [6.45, 7) is 1.86. The fraction of sp³-hybridized carbons (Fsp3) is 0.222. The maximum absolute atomic E-state index is 10.2. The molecule has 0 saturated heterocycles. The summed E-state index contributed by atoms with van der Waals surface area (Å²) in [4.78, 5) is 10.2. The van der Waals surface area contributed by atoms with Gasteiger partial charge in [-0.2, -0.15) is 0 Å². The molecule has 0 aliphatic heterocycles. The van der Waals surface area contributed by atoms with E-state index >= 15 is 0 Å². The molecule has 0 radical (unpaired) electrons. The Morgan fingerprint density at radius 2 is 2.23 bits per heavy atom. The minimum atomic E-state index is 0.558. The Kier molecular flexibility index (Phi) is 3.14. The second kappa shape index (κ2) is 4.14. The molecule has 0 spiro atoms. The van der Waals surface area contributed by atoms with Gasteiger partial charge in [-0.1, -0.05) is 11.6 Å². The Balaban J connectivity index is 3.15. The van der Waals surface area contributed by atoms with Gasteiger partial charge in [0.2, 0.25) is 6.41 Å². The number of hydrogen-bond donors (Lipinski definition) is 1. The number of benzene rings is 1. The molecule has 0 heterocycles. The molecule has 70 valence electrons. The molecule has 0 aromatic heterocycles. The highest BCUT2D eigenvalue weighted by Gasteiger charge is 2.05. The van der Waals surface area contributed by atoms with Gasteiger partial charge in [-0.15, -0.1) is 0 Å². The van der Waals surface area contributed by atoms with Gasteiger partial charge in [0.15, 0.2) is 0 Å². The number of ether oxygens (including phenoxy) is 1. The molecule has 0 unspecified atom stereocenters. The number of hydrogen-bond acceptors (Lipinski definition) is 2. The number of nitrogens with one attached hydrogen (secondary N) is 1. The summed E-state index contributed by atoms with van der Waals surface area (Å²) in [6.07, 6.45) is 0.602. The molecule has 1 amide bonds. The summed E-state index contributed by atoms with van der Waals surface area (Å²) in [7, 11) is 1.52. The molecule has 1 aromatic carbocycles. The maximum atomic E-state index is 10.2. The largest absolute Gasteiger partial charge is 0.495 e. The van der Waals surface area contributed by atoms with Crippen LogP contribution in [0, 0.1) is 6.92 Å². The second-order valence-electron chi connectivity index (χ2n) is 2.56. The van der Waals surface area contributed by atoms with Crippen molar-refractivity contribution >= 4 is 23.7 Å². The first kappa shape index (κ1) is 9.86. The maximum Gasteiger partial charge on any atom is 0.211 e. The van der Waals surface area contributed by atoms with Crippen molar-refractivity contribution in [1.82, 2.24) is 0 Å². The van der Waals surface area contributed by atoms with Gasteiger partial charge in [0.1, 0.15) is 5.75 Å². The number of rotatable bonds is 3. The van der Waals surface area contributed by atoms with Crippen LogP contribution in [0.4, 0.5) is 5.69 Å². The lowest BCUT2D eigenvalue weighted by atomic mass is 10.2. The molecule has 3 nitrogen and oxygen atoms in total. The van der Waals surface area contributed by atoms with Crippen LogP contribution in [-0.2, 0) is 4.79 Å². The summed E-state index contributed by atoms with van der Waals surface area (Å²) in [6, 6.07) is 3.43. The first-order chi connectivity index (χ1) is 6.19. The fourth-order valence-corrected chi connectivity index (χ4v) is 1.16. The zero-order chi connectivity index (χ0) is 9.84. The zero-order valence-corrected chi connectivity index (χ0v) is 8.18. The Labute approximate surface area is 81.7 Å². The van der Waals surface area contributed by atoms with E-state index in [0.717, 1.165) is 5.56 Å². The third-order valence-electron chi connectivity index (χ3n) is 1.70. The van der Waals surface area contributed by atoms with Crippen molar-refractivity contribution in [3.05, 3.63) is 22.7 Å². The van der Waals surface area contributed by atoms with E-state index < -0.39 is 0 Å². The summed E-state index contributed by atoms with van der Waals surface area (Å²) < 4.78 is 5.03. The lowest BCUT2D eigenvalue weighted by Gasteiger charge is -2.09. The molecular weight excluding hydrogens is 190 g/mol. The quantitative estimate of drug-likeness (QED) is 0.759. The predicted molar refractivity (Wildman–Crippen MR) is 52.4 cm³/mol. The number of anilines is 1. The number of amides is 1. The number of halogens is 1. The standard InChI is InChI=1S/C9H10ClNO2/c1-6-3-8(11-5-12)9(13-2)4-7(6)10/h3-5H,1-2H3,(H,11,12). The van der Waals surface area contributed by atoms with E-state index in [-0.39, 0.29) is 0 Å². The number of carbonyl (C=O) groups is 1. The number of methoxy groups -OCH3 is 1. The van der Waals surface area contributed by atoms with E-state index in [1.165, 1.54) is 7.11 Å². The SMILES string of the molecule is COc1cc(Cl)c(C)cc1NC=O. The highest BCUT2D eigenvalue weighted by Crippen LogP contribution is 2.30. The zero-order valence-electron chi connectivity index (χ0n) is 7.43. The van der Waals surface area contributed by atoms with E-state index in [4.69, 9.17) is 16.3 Å². The molecular formula is C9H10ClNO2. The van der Waals surface area contributed by atoms with Gasteiger partial charge in [-0.25, -0.2) is 0 Å². The minimum Gasteiger partial charge on any atom is -0.495 e. The van der Waals surface area contributed by atoms with Crippen molar-refractivity contribution in [2.24, 2.45) is 0 Å². The van der Waals surface area contributed by atoms with Crippen LogP contribution in [0.2, 0.25) is 5.02 Å². The van der Waals surface area contributed by atoms with Crippen LogP contribution in [-0.4, -0.2) is 13.5 Å². The smallest absolute Gasteiger partial charge is 0.211 e. The lowest BCUT2D eigenvalue weighted by Crippen LogP contribution is -1.98. The fourth-order valence-electron chi connectivity index (χ4n) is 1.01. The highest BCUT2D eigenvalue weighted by molar-refractivity contribution is 6.31. The van der Waals surface area contributed by atoms with E-state index in [0.29, 0.717) is 22.9 Å². The molecule has 0 aliphatic rings. The first-order valence-corrected chi connectivity index (χ1v) is 4.11. The highest BCUT2D eigenvalue weighted by atomic mass is 35.5. The van der Waals surface area contributed by atoms with Crippen LogP contribution in [0.25, 0.3) is 0 Å². The molecule has 0 saturated carbocycles. The van der Waals surface area contributed by atoms with Crippen molar-refractivity contribution < 1.29 is 9.53 Å². The third kappa shape index (κ3) is 2.12. The topological polar surface area (TPSA) is 38.3 Å². The molecule has 0 atom stereocenters. The summed E-state index contributed by atoms with van der Waals surface area (Å²) >= 11 is 5.87. The average Bonchev–Trinajstić information content (AvgIpc) is 2.11. The Morgan fingerprint density at radius 3 is 2.77 bits per heavy atom. The molecule has 1 rings (SSSR count). The summed E-state index contributed by atoms with van der Waals surface area (Å²) in [5.41, 5.74) is 1.52. The summed E-state index contributed by atoms with van der Waals surface area (Å²) in [5.74, 6) is 0.558. The van der Waals surface area contributed by atoms with Gasteiger partial charge in [0.05, 0.1) is 12.8 Å². The predicted octanol–water partition coefficient (Wildman–Crippen LogP) is 2.23. The van der Waals surface area contributed by atoms with Gasteiger partial charge in [0, 0.05) is 11.1 Å². The van der Waals surface area contributed by atoms with E-state index in [1.807, 2.05) is 6.92 Å². The van der Waals surface area contributed by atoms with Gasteiger partial charge < -0.3 is 10.1 Å². The van der Waals surface area contributed by atoms with Crippen LogP contribution >= 0.6 is 11.6 Å². The monoisotopic (exact) mass is 199 g/mol. The Morgan fingerprint density at radius 1 is 1.54 bits per heavy atom. The van der Waals surface area contributed by atoms with Crippen LogP contribution in [0.15, 0.2) is 12.1 Å². The van der Waals surface area contributed by atoms with Crippen LogP contribution < -0.4 is 10.1 Å². The number of carbonyl (C=O) groups excluding carboxylic acids is 1. The summed E-state index contributed by atoms with van der Waals surface area (Å²) in [5, 5.41) is 3.15. The van der Waals surface area contributed by atoms with E-state index in [1.54, 1.807) is 12.1 Å². The van der Waals surface area contributed by atoms with Crippen molar-refractivity contribution in [3.63, 3.8) is 0 Å². The minimum absolute atomic E-state index is 0.558. The number of aryl methyl sites for hydroxylation is 1. The van der Waals surface area contributed by atoms with E-state index in [9.17, 15) is 4.79 Å². The average molecular weight is 200 g/mol. The Bertz CT molecular complexity index is 326. The molecule has 1 N–H and O–H groups in total. The van der Waals surface area contributed by atoms with Gasteiger partial charge in [-0.05, 0) is 18.6 Å². The van der Waals surface area contributed by atoms with Gasteiger partial charge in [-0.3, -0.25) is 4.79 Å². The molecule has 0 bridgehead atoms. The molecule has 0 fully saturated rings. The van der Waals surface area contributed by atoms with Crippen LogP contribution in [0.5, 0.6) is 5.75 Å².